The molecule has 0 amide bonds. The van der Waals surface area contributed by atoms with Gasteiger partial charge in [-0.25, -0.2) is 4.98 Å². The number of pyridine rings is 1. The van der Waals surface area contributed by atoms with Crippen LogP contribution >= 0.6 is 0 Å². The highest BCUT2D eigenvalue weighted by Gasteiger charge is 2.07. The number of fused-ring (bicyclic) bond motifs is 1. The summed E-state index contributed by atoms with van der Waals surface area (Å²) in [6.07, 6.45) is 0.797. The molecule has 2 aromatic heterocycles. The Balaban J connectivity index is 2.98. The minimum Gasteiger partial charge on any atom is -0.269 e. The van der Waals surface area contributed by atoms with Gasteiger partial charge in [0.05, 0.1) is 5.69 Å². The molecule has 0 fully saturated rings. The van der Waals surface area contributed by atoms with Gasteiger partial charge in [-0.1, -0.05) is 13.0 Å². The van der Waals surface area contributed by atoms with Crippen molar-refractivity contribution in [2.24, 2.45) is 0 Å². The van der Waals surface area contributed by atoms with E-state index in [1.807, 2.05) is 39.0 Å². The number of aromatic nitrogens is 2. The maximum atomic E-state index is 12.1. The Hall–Kier alpha value is -1.64. The van der Waals surface area contributed by atoms with E-state index in [4.69, 9.17) is 0 Å². The summed E-state index contributed by atoms with van der Waals surface area (Å²) in [5.41, 5.74) is 3.36. The Labute approximate surface area is 88.4 Å². The van der Waals surface area contributed by atoms with Crippen molar-refractivity contribution in [1.82, 2.24) is 9.38 Å². The fraction of sp³-hybridized carbons (Fsp3) is 0.333. The van der Waals surface area contributed by atoms with Gasteiger partial charge in [-0.05, 0) is 32.4 Å². The molecule has 0 atom stereocenters. The van der Waals surface area contributed by atoms with E-state index in [9.17, 15) is 4.79 Å². The third-order valence-electron chi connectivity index (χ3n) is 2.71. The minimum atomic E-state index is 0.0509. The van der Waals surface area contributed by atoms with Crippen molar-refractivity contribution in [3.63, 3.8) is 0 Å². The van der Waals surface area contributed by atoms with Gasteiger partial charge < -0.3 is 0 Å². The molecule has 0 spiro atoms. The van der Waals surface area contributed by atoms with Crippen LogP contribution in [-0.4, -0.2) is 9.38 Å². The molecular formula is C12H14N2O. The van der Waals surface area contributed by atoms with E-state index in [2.05, 4.69) is 4.98 Å². The second-order valence-electron chi connectivity index (χ2n) is 3.70. The highest BCUT2D eigenvalue weighted by atomic mass is 16.1. The molecule has 0 aliphatic rings. The number of hydrogen-bond acceptors (Lipinski definition) is 2. The Kier molecular flexibility index (Phi) is 2.31. The van der Waals surface area contributed by atoms with Crippen LogP contribution in [0.15, 0.2) is 23.0 Å². The molecule has 3 heteroatoms. The fourth-order valence-electron chi connectivity index (χ4n) is 1.81. The molecule has 0 N–H and O–H groups in total. The summed E-state index contributed by atoms with van der Waals surface area (Å²) < 4.78 is 1.66. The predicted octanol–water partition coefficient (Wildman–Crippen LogP) is 1.87. The van der Waals surface area contributed by atoms with Crippen LogP contribution < -0.4 is 5.56 Å². The number of rotatable bonds is 1. The van der Waals surface area contributed by atoms with Crippen molar-refractivity contribution in [3.05, 3.63) is 45.5 Å². The van der Waals surface area contributed by atoms with Gasteiger partial charge in [0.15, 0.2) is 0 Å². The molecule has 2 rings (SSSR count). The molecular weight excluding hydrogens is 188 g/mol. The molecule has 0 saturated carbocycles. The van der Waals surface area contributed by atoms with Crippen LogP contribution in [0.25, 0.3) is 5.65 Å². The summed E-state index contributed by atoms with van der Waals surface area (Å²) in [5.74, 6) is 0. The van der Waals surface area contributed by atoms with E-state index < -0.39 is 0 Å². The van der Waals surface area contributed by atoms with Gasteiger partial charge in [0.25, 0.3) is 5.56 Å². The maximum absolute atomic E-state index is 12.1. The third-order valence-corrected chi connectivity index (χ3v) is 2.71. The summed E-state index contributed by atoms with van der Waals surface area (Å²) in [5, 5.41) is 0. The molecule has 78 valence electrons. The van der Waals surface area contributed by atoms with Gasteiger partial charge in [0.2, 0.25) is 0 Å². The quantitative estimate of drug-likeness (QED) is 0.707. The van der Waals surface area contributed by atoms with E-state index >= 15 is 0 Å². The van der Waals surface area contributed by atoms with Gasteiger partial charge in [-0.3, -0.25) is 9.20 Å². The van der Waals surface area contributed by atoms with Gasteiger partial charge in [0.1, 0.15) is 5.65 Å². The van der Waals surface area contributed by atoms with Crippen LogP contribution in [0.5, 0.6) is 0 Å². The molecule has 0 bridgehead atoms. The lowest BCUT2D eigenvalue weighted by molar-refractivity contribution is 0.912. The fourth-order valence-corrected chi connectivity index (χ4v) is 1.81. The van der Waals surface area contributed by atoms with Crippen LogP contribution in [0.1, 0.15) is 23.9 Å². The average molecular weight is 202 g/mol. The Morgan fingerprint density at radius 3 is 2.73 bits per heavy atom. The lowest BCUT2D eigenvalue weighted by Crippen LogP contribution is -2.21. The average Bonchev–Trinajstić information content (AvgIpc) is 2.23. The first-order chi connectivity index (χ1) is 7.15. The number of hydrogen-bond donors (Lipinski definition) is 0. The second-order valence-corrected chi connectivity index (χ2v) is 3.70. The molecule has 0 aliphatic carbocycles. The molecule has 0 radical (unpaired) electrons. The van der Waals surface area contributed by atoms with Gasteiger partial charge in [-0.2, -0.15) is 0 Å². The summed E-state index contributed by atoms with van der Waals surface area (Å²) in [4.78, 5) is 16.5. The number of aryl methyl sites for hydroxylation is 2. The van der Waals surface area contributed by atoms with Crippen molar-refractivity contribution < 1.29 is 0 Å². The molecule has 0 unspecified atom stereocenters. The first kappa shape index (κ1) is 9.90. The molecule has 2 aromatic rings. The normalized spacial score (nSPS) is 10.9. The lowest BCUT2D eigenvalue weighted by atomic mass is 10.2. The highest BCUT2D eigenvalue weighted by Crippen LogP contribution is 2.06. The zero-order valence-corrected chi connectivity index (χ0v) is 9.24. The van der Waals surface area contributed by atoms with E-state index in [0.717, 1.165) is 29.0 Å². The number of nitrogens with zero attached hydrogens (tertiary/aromatic N) is 2. The van der Waals surface area contributed by atoms with Gasteiger partial charge in [0, 0.05) is 11.3 Å². The molecule has 2 heterocycles. The topological polar surface area (TPSA) is 34.4 Å². The maximum Gasteiger partial charge on any atom is 0.261 e. The summed E-state index contributed by atoms with van der Waals surface area (Å²) in [6, 6.07) is 5.71. The predicted molar refractivity (Wildman–Crippen MR) is 60.3 cm³/mol. The van der Waals surface area contributed by atoms with E-state index in [0.29, 0.717) is 0 Å². The van der Waals surface area contributed by atoms with Gasteiger partial charge in [-0.15, -0.1) is 0 Å². The summed E-state index contributed by atoms with van der Waals surface area (Å²) in [6.45, 7) is 5.77. The molecule has 0 aromatic carbocycles. The van der Waals surface area contributed by atoms with Crippen LogP contribution in [-0.2, 0) is 6.42 Å². The van der Waals surface area contributed by atoms with Crippen molar-refractivity contribution in [3.8, 4) is 0 Å². The van der Waals surface area contributed by atoms with E-state index in [1.165, 1.54) is 0 Å². The van der Waals surface area contributed by atoms with Crippen LogP contribution in [0.4, 0.5) is 0 Å². The van der Waals surface area contributed by atoms with Crippen molar-refractivity contribution >= 4 is 5.65 Å². The Morgan fingerprint density at radius 1 is 1.33 bits per heavy atom. The first-order valence-corrected chi connectivity index (χ1v) is 5.13. The SMILES string of the molecule is CCc1nc2cccc(C)n2c(=O)c1C. The lowest BCUT2D eigenvalue weighted by Gasteiger charge is -2.08. The van der Waals surface area contributed by atoms with Crippen molar-refractivity contribution in [1.29, 1.82) is 0 Å². The van der Waals surface area contributed by atoms with Crippen molar-refractivity contribution in [2.75, 3.05) is 0 Å². The second kappa shape index (κ2) is 3.50. The van der Waals surface area contributed by atoms with Crippen LogP contribution in [0, 0.1) is 13.8 Å². The molecule has 15 heavy (non-hydrogen) atoms. The van der Waals surface area contributed by atoms with Crippen LogP contribution in [0.2, 0.25) is 0 Å². The largest absolute Gasteiger partial charge is 0.269 e. The molecule has 3 nitrogen and oxygen atoms in total. The standard InChI is InChI=1S/C12H14N2O/c1-4-10-9(3)12(15)14-8(2)6-5-7-11(14)13-10/h5-7H,4H2,1-3H3. The monoisotopic (exact) mass is 202 g/mol. The zero-order valence-electron chi connectivity index (χ0n) is 9.24. The summed E-state index contributed by atoms with van der Waals surface area (Å²) in [7, 11) is 0. The first-order valence-electron chi connectivity index (χ1n) is 5.13. The summed E-state index contributed by atoms with van der Waals surface area (Å²) >= 11 is 0. The Bertz CT molecular complexity index is 570. The molecule has 0 aliphatic heterocycles. The Morgan fingerprint density at radius 2 is 2.07 bits per heavy atom. The third kappa shape index (κ3) is 1.44. The van der Waals surface area contributed by atoms with E-state index in [-0.39, 0.29) is 5.56 Å². The van der Waals surface area contributed by atoms with Crippen molar-refractivity contribution in [2.45, 2.75) is 27.2 Å². The van der Waals surface area contributed by atoms with E-state index in [1.54, 1.807) is 4.40 Å². The smallest absolute Gasteiger partial charge is 0.261 e. The van der Waals surface area contributed by atoms with Gasteiger partial charge >= 0.3 is 0 Å². The van der Waals surface area contributed by atoms with Crippen LogP contribution in [0.3, 0.4) is 0 Å². The molecule has 0 saturated heterocycles. The zero-order chi connectivity index (χ0) is 11.0. The highest BCUT2D eigenvalue weighted by molar-refractivity contribution is 5.42. The minimum absolute atomic E-state index is 0.0509.